The van der Waals surface area contributed by atoms with Crippen molar-refractivity contribution in [2.24, 2.45) is 0 Å². The van der Waals surface area contributed by atoms with Gasteiger partial charge in [0.05, 0.1) is 12.2 Å². The Morgan fingerprint density at radius 1 is 1.56 bits per heavy atom. The summed E-state index contributed by atoms with van der Waals surface area (Å²) in [5.41, 5.74) is 0. The fourth-order valence-corrected chi connectivity index (χ4v) is 2.29. The number of hydrogen-bond donors (Lipinski definition) is 0. The monoisotopic (exact) mass is 285 g/mol. The van der Waals surface area contributed by atoms with Crippen molar-refractivity contribution in [1.29, 1.82) is 0 Å². The largest absolute Gasteiger partial charge is 0.371 e. The lowest BCUT2D eigenvalue weighted by molar-refractivity contribution is -0.00224. The fraction of sp³-hybridized carbons (Fsp3) is 0.636. The Bertz CT molecular complexity index is 361. The van der Waals surface area contributed by atoms with E-state index in [9.17, 15) is 0 Å². The number of alkyl halides is 1. The SMILES string of the molecule is Cc1nccc(N2CC(C)OC(CBr)C2)n1. The van der Waals surface area contributed by atoms with Crippen LogP contribution >= 0.6 is 15.9 Å². The van der Waals surface area contributed by atoms with Crippen molar-refractivity contribution in [3.05, 3.63) is 18.1 Å². The Hall–Kier alpha value is -0.680. The van der Waals surface area contributed by atoms with Gasteiger partial charge in [0, 0.05) is 24.6 Å². The molecule has 2 heterocycles. The van der Waals surface area contributed by atoms with Gasteiger partial charge in [0.1, 0.15) is 11.6 Å². The molecule has 0 aliphatic carbocycles. The summed E-state index contributed by atoms with van der Waals surface area (Å²) in [4.78, 5) is 10.8. The highest BCUT2D eigenvalue weighted by molar-refractivity contribution is 9.09. The van der Waals surface area contributed by atoms with Gasteiger partial charge >= 0.3 is 0 Å². The predicted molar refractivity (Wildman–Crippen MR) is 67.1 cm³/mol. The summed E-state index contributed by atoms with van der Waals surface area (Å²) in [5.74, 6) is 1.81. The molecular weight excluding hydrogens is 270 g/mol. The first-order valence-corrected chi connectivity index (χ1v) is 6.57. The number of aromatic nitrogens is 2. The van der Waals surface area contributed by atoms with Crippen molar-refractivity contribution in [1.82, 2.24) is 9.97 Å². The van der Waals surface area contributed by atoms with Crippen LogP contribution in [0.15, 0.2) is 12.3 Å². The molecule has 88 valence electrons. The summed E-state index contributed by atoms with van der Waals surface area (Å²) >= 11 is 3.47. The first kappa shape index (κ1) is 11.8. The van der Waals surface area contributed by atoms with Gasteiger partial charge < -0.3 is 9.64 Å². The van der Waals surface area contributed by atoms with E-state index in [4.69, 9.17) is 4.74 Å². The van der Waals surface area contributed by atoms with E-state index in [1.165, 1.54) is 0 Å². The van der Waals surface area contributed by atoms with Crippen molar-refractivity contribution >= 4 is 21.7 Å². The van der Waals surface area contributed by atoms with E-state index in [0.29, 0.717) is 0 Å². The number of rotatable bonds is 2. The molecule has 0 bridgehead atoms. The maximum Gasteiger partial charge on any atom is 0.132 e. The topological polar surface area (TPSA) is 38.2 Å². The number of ether oxygens (including phenoxy) is 1. The summed E-state index contributed by atoms with van der Waals surface area (Å²) < 4.78 is 5.79. The van der Waals surface area contributed by atoms with Crippen LogP contribution in [0.2, 0.25) is 0 Å². The van der Waals surface area contributed by atoms with Gasteiger partial charge in [0.15, 0.2) is 0 Å². The molecule has 1 fully saturated rings. The minimum atomic E-state index is 0.235. The van der Waals surface area contributed by atoms with Crippen molar-refractivity contribution in [3.63, 3.8) is 0 Å². The van der Waals surface area contributed by atoms with E-state index in [1.54, 1.807) is 6.20 Å². The highest BCUT2D eigenvalue weighted by Gasteiger charge is 2.25. The number of halogens is 1. The molecule has 2 unspecified atom stereocenters. The molecule has 1 saturated heterocycles. The third kappa shape index (κ3) is 2.71. The van der Waals surface area contributed by atoms with Crippen LogP contribution in [0.1, 0.15) is 12.7 Å². The van der Waals surface area contributed by atoms with E-state index in [0.717, 1.165) is 30.1 Å². The van der Waals surface area contributed by atoms with E-state index in [-0.39, 0.29) is 12.2 Å². The summed E-state index contributed by atoms with van der Waals surface area (Å²) in [6.45, 7) is 5.78. The van der Waals surface area contributed by atoms with Gasteiger partial charge in [0.25, 0.3) is 0 Å². The third-order valence-electron chi connectivity index (χ3n) is 2.58. The molecule has 16 heavy (non-hydrogen) atoms. The van der Waals surface area contributed by atoms with Crippen molar-refractivity contribution in [2.45, 2.75) is 26.1 Å². The molecule has 1 aromatic rings. The highest BCUT2D eigenvalue weighted by Crippen LogP contribution is 2.18. The van der Waals surface area contributed by atoms with Crippen LogP contribution < -0.4 is 4.90 Å². The van der Waals surface area contributed by atoms with Crippen LogP contribution in [0.4, 0.5) is 5.82 Å². The van der Waals surface area contributed by atoms with Crippen molar-refractivity contribution < 1.29 is 4.74 Å². The minimum Gasteiger partial charge on any atom is -0.371 e. The molecule has 0 saturated carbocycles. The Labute approximate surface area is 104 Å². The maximum atomic E-state index is 5.79. The molecule has 1 aliphatic heterocycles. The first-order chi connectivity index (χ1) is 7.69. The van der Waals surface area contributed by atoms with Crippen LogP contribution in [0.3, 0.4) is 0 Å². The zero-order valence-electron chi connectivity index (χ0n) is 9.56. The van der Waals surface area contributed by atoms with Gasteiger partial charge in [-0.3, -0.25) is 0 Å². The van der Waals surface area contributed by atoms with Crippen LogP contribution in [0.5, 0.6) is 0 Å². The van der Waals surface area contributed by atoms with E-state index in [2.05, 4.69) is 37.7 Å². The van der Waals surface area contributed by atoms with Gasteiger partial charge in [-0.05, 0) is 19.9 Å². The predicted octanol–water partition coefficient (Wildman–Crippen LogP) is 1.77. The molecular formula is C11H16BrN3O. The normalized spacial score (nSPS) is 25.8. The van der Waals surface area contributed by atoms with Gasteiger partial charge in [-0.1, -0.05) is 15.9 Å². The van der Waals surface area contributed by atoms with Crippen LogP contribution in [0, 0.1) is 6.92 Å². The molecule has 5 heteroatoms. The number of hydrogen-bond acceptors (Lipinski definition) is 4. The van der Waals surface area contributed by atoms with Crippen LogP contribution in [-0.4, -0.2) is 40.6 Å². The molecule has 2 atom stereocenters. The molecule has 4 nitrogen and oxygen atoms in total. The lowest BCUT2D eigenvalue weighted by atomic mass is 10.2. The Morgan fingerprint density at radius 3 is 3.06 bits per heavy atom. The van der Waals surface area contributed by atoms with Gasteiger partial charge in [-0.25, -0.2) is 9.97 Å². The lowest BCUT2D eigenvalue weighted by Gasteiger charge is -2.36. The number of aryl methyl sites for hydroxylation is 1. The first-order valence-electron chi connectivity index (χ1n) is 5.45. The zero-order chi connectivity index (χ0) is 11.5. The van der Waals surface area contributed by atoms with Gasteiger partial charge in [-0.15, -0.1) is 0 Å². The fourth-order valence-electron chi connectivity index (χ4n) is 1.94. The van der Waals surface area contributed by atoms with Crippen LogP contribution in [-0.2, 0) is 4.74 Å². The molecule has 0 spiro atoms. The number of morpholine rings is 1. The molecule has 0 N–H and O–H groups in total. The van der Waals surface area contributed by atoms with E-state index >= 15 is 0 Å². The summed E-state index contributed by atoms with van der Waals surface area (Å²) in [5, 5.41) is 0.859. The molecule has 0 radical (unpaired) electrons. The summed E-state index contributed by atoms with van der Waals surface area (Å²) in [6.07, 6.45) is 2.28. The second-order valence-corrected chi connectivity index (χ2v) is 4.74. The van der Waals surface area contributed by atoms with Crippen molar-refractivity contribution in [3.8, 4) is 0 Å². The molecule has 0 amide bonds. The lowest BCUT2D eigenvalue weighted by Crippen LogP contribution is -2.47. The number of anilines is 1. The molecule has 0 aromatic carbocycles. The maximum absolute atomic E-state index is 5.79. The van der Waals surface area contributed by atoms with E-state index in [1.807, 2.05) is 13.0 Å². The van der Waals surface area contributed by atoms with Gasteiger partial charge in [0.2, 0.25) is 0 Å². The average molecular weight is 286 g/mol. The number of nitrogens with zero attached hydrogens (tertiary/aromatic N) is 3. The Kier molecular flexibility index (Phi) is 3.76. The highest BCUT2D eigenvalue weighted by atomic mass is 79.9. The minimum absolute atomic E-state index is 0.235. The second-order valence-electron chi connectivity index (χ2n) is 4.09. The third-order valence-corrected chi connectivity index (χ3v) is 3.31. The van der Waals surface area contributed by atoms with E-state index < -0.39 is 0 Å². The summed E-state index contributed by atoms with van der Waals surface area (Å²) in [7, 11) is 0. The quantitative estimate of drug-likeness (QED) is 0.777. The Morgan fingerprint density at radius 2 is 2.38 bits per heavy atom. The summed E-state index contributed by atoms with van der Waals surface area (Å²) in [6, 6.07) is 1.95. The smallest absolute Gasteiger partial charge is 0.132 e. The Balaban J connectivity index is 2.14. The molecule has 1 aliphatic rings. The molecule has 1 aromatic heterocycles. The molecule has 2 rings (SSSR count). The second kappa shape index (κ2) is 5.10. The average Bonchev–Trinajstić information content (AvgIpc) is 2.28. The van der Waals surface area contributed by atoms with Crippen LogP contribution in [0.25, 0.3) is 0 Å². The standard InChI is InChI=1S/C11H16BrN3O/c1-8-6-15(7-10(5-12)16-8)11-3-4-13-9(2)14-11/h3-4,8,10H,5-7H2,1-2H3. The van der Waals surface area contributed by atoms with Gasteiger partial charge in [-0.2, -0.15) is 0 Å². The zero-order valence-corrected chi connectivity index (χ0v) is 11.1. The van der Waals surface area contributed by atoms with Crippen molar-refractivity contribution in [2.75, 3.05) is 23.3 Å².